The van der Waals surface area contributed by atoms with E-state index in [1.54, 1.807) is 44.1 Å². The third-order valence-corrected chi connectivity index (χ3v) is 9.01. The Bertz CT molecular complexity index is 1380. The zero-order valence-corrected chi connectivity index (χ0v) is 32.0. The number of terminal acetylenes is 1. The molecule has 0 saturated heterocycles. The average molecular weight is 669 g/mol. The molecule has 3 aromatic rings. The Morgan fingerprint density at radius 2 is 1.41 bits per heavy atom. The number of para-hydroxylation sites is 1. The van der Waals surface area contributed by atoms with E-state index in [4.69, 9.17) is 11.2 Å². The van der Waals surface area contributed by atoms with E-state index < -0.39 is 5.97 Å². The van der Waals surface area contributed by atoms with Gasteiger partial charge in [-0.25, -0.2) is 4.79 Å². The fourth-order valence-electron chi connectivity index (χ4n) is 6.57. The topological polar surface area (TPSA) is 44.8 Å². The number of hydrogen-bond acceptors (Lipinski definition) is 4. The lowest BCUT2D eigenvalue weighted by molar-refractivity contribution is -0.128. The van der Waals surface area contributed by atoms with Crippen LogP contribution in [-0.2, 0) is 20.9 Å². The second-order valence-corrected chi connectivity index (χ2v) is 12.4. The van der Waals surface area contributed by atoms with Crippen LogP contribution in [0.4, 0.5) is 0 Å². The number of hydrogen-bond donors (Lipinski definition) is 0. The van der Waals surface area contributed by atoms with Crippen LogP contribution < -0.4 is 4.74 Å². The van der Waals surface area contributed by atoms with E-state index in [9.17, 15) is 4.79 Å². The summed E-state index contributed by atoms with van der Waals surface area (Å²) >= 11 is 0. The van der Waals surface area contributed by atoms with Crippen LogP contribution in [0, 0.1) is 38.0 Å². The summed E-state index contributed by atoms with van der Waals surface area (Å²) in [4.78, 5) is 10.5. The van der Waals surface area contributed by atoms with Gasteiger partial charge in [0.05, 0.1) is 12.7 Å². The Hall–Kier alpha value is -3.65. The molecule has 1 saturated carbocycles. The Morgan fingerprint density at radius 3 is 1.96 bits per heavy atom. The minimum atomic E-state index is -0.670. The number of esters is 1. The number of benzene rings is 3. The summed E-state index contributed by atoms with van der Waals surface area (Å²) in [5, 5.41) is 0. The molecule has 0 aromatic heterocycles. The molecule has 0 amide bonds. The molecule has 4 heteroatoms. The molecule has 0 bridgehead atoms. The van der Waals surface area contributed by atoms with Gasteiger partial charge in [0.1, 0.15) is 5.75 Å². The van der Waals surface area contributed by atoms with Gasteiger partial charge in [-0.05, 0) is 90.5 Å². The maximum Gasteiger partial charge on any atom is 0.389 e. The van der Waals surface area contributed by atoms with Gasteiger partial charge in [-0.2, -0.15) is 0 Å². The molecule has 0 N–H and O–H groups in total. The summed E-state index contributed by atoms with van der Waals surface area (Å²) in [5.74, 6) is 3.29. The number of carbonyl (C=O) groups excluding carboxylic acids is 1. The summed E-state index contributed by atoms with van der Waals surface area (Å²) in [6, 6.07) is 26.3. The van der Waals surface area contributed by atoms with Gasteiger partial charge in [-0.3, -0.25) is 0 Å². The standard InChI is InChI=1S/C32H46O.C9H6O2.C2H6O.C2H6/c1-6-15-31(30-21-14-10-17-25(30)5)29(8-3)32(22-27-19-13-12-18-26(27)7-2)33-23-28-20-11-9-16-24(28)4;1-2-9(10)11-8-6-4-3-5-7-8;1-3-2;1-2/h9-11,14,16-17,20-21,26-27,32H,6-8,12-13,15,18-19,22-23H2,1-5H3;1,3-7H;1-2H3;1-2H3/b31-29+;;;. The smallest absolute Gasteiger partial charge is 0.389 e. The quantitative estimate of drug-likeness (QED) is 0.0834. The first-order valence-corrected chi connectivity index (χ1v) is 18.4. The normalized spacial score (nSPS) is 16.1. The van der Waals surface area contributed by atoms with Crippen LogP contribution in [0.1, 0.15) is 115 Å². The minimum absolute atomic E-state index is 0.202. The Kier molecular flexibility index (Phi) is 23.2. The first kappa shape index (κ1) is 43.4. The molecule has 1 fully saturated rings. The molecule has 4 nitrogen and oxygen atoms in total. The van der Waals surface area contributed by atoms with Crippen molar-refractivity contribution in [2.45, 2.75) is 119 Å². The molecule has 4 rings (SSSR count). The van der Waals surface area contributed by atoms with Gasteiger partial charge in [0.2, 0.25) is 0 Å². The van der Waals surface area contributed by atoms with Crippen LogP contribution >= 0.6 is 0 Å². The van der Waals surface area contributed by atoms with Gasteiger partial charge in [0.15, 0.2) is 0 Å². The van der Waals surface area contributed by atoms with Crippen molar-refractivity contribution in [3.8, 4) is 18.1 Å². The number of allylic oxidation sites excluding steroid dienone is 1. The monoisotopic (exact) mass is 668 g/mol. The summed E-state index contributed by atoms with van der Waals surface area (Å²) in [6.07, 6.45) is 16.4. The maximum absolute atomic E-state index is 10.5. The molecule has 0 heterocycles. The molecule has 3 atom stereocenters. The predicted molar refractivity (Wildman–Crippen MR) is 209 cm³/mol. The average Bonchev–Trinajstić information content (AvgIpc) is 3.13. The van der Waals surface area contributed by atoms with Crippen LogP contribution in [0.25, 0.3) is 5.57 Å². The van der Waals surface area contributed by atoms with E-state index in [0.717, 1.165) is 24.7 Å². The van der Waals surface area contributed by atoms with E-state index in [1.165, 1.54) is 72.8 Å². The number of aryl methyl sites for hydroxylation is 2. The highest BCUT2D eigenvalue weighted by atomic mass is 16.5. The summed E-state index contributed by atoms with van der Waals surface area (Å²) in [5.41, 5.74) is 8.54. The molecule has 1 aliphatic carbocycles. The molecule has 49 heavy (non-hydrogen) atoms. The second kappa shape index (κ2) is 26.2. The van der Waals surface area contributed by atoms with Crippen molar-refractivity contribution in [3.63, 3.8) is 0 Å². The molecule has 0 radical (unpaired) electrons. The summed E-state index contributed by atoms with van der Waals surface area (Å²) in [6.45, 7) is 16.2. The molecule has 3 aromatic carbocycles. The van der Waals surface area contributed by atoms with Crippen molar-refractivity contribution in [3.05, 3.63) is 107 Å². The fraction of sp³-hybridized carbons (Fsp3) is 0.489. The lowest BCUT2D eigenvalue weighted by Crippen LogP contribution is -2.27. The van der Waals surface area contributed by atoms with Gasteiger partial charge < -0.3 is 14.2 Å². The zero-order valence-electron chi connectivity index (χ0n) is 32.0. The Morgan fingerprint density at radius 1 is 0.837 bits per heavy atom. The van der Waals surface area contributed by atoms with Crippen LogP contribution in [0.3, 0.4) is 0 Å². The third-order valence-electron chi connectivity index (χ3n) is 9.01. The lowest BCUT2D eigenvalue weighted by atomic mass is 9.74. The number of rotatable bonds is 12. The first-order chi connectivity index (χ1) is 23.8. The van der Waals surface area contributed by atoms with Gasteiger partial charge in [-0.15, -0.1) is 6.42 Å². The molecular weight excluding hydrogens is 604 g/mol. The van der Waals surface area contributed by atoms with Crippen molar-refractivity contribution in [2.75, 3.05) is 14.2 Å². The summed E-state index contributed by atoms with van der Waals surface area (Å²) in [7, 11) is 3.25. The molecule has 0 spiro atoms. The highest BCUT2D eigenvalue weighted by Crippen LogP contribution is 2.39. The lowest BCUT2D eigenvalue weighted by Gasteiger charge is -2.35. The van der Waals surface area contributed by atoms with Gasteiger partial charge >= 0.3 is 5.97 Å². The van der Waals surface area contributed by atoms with E-state index >= 15 is 0 Å². The number of carbonyl (C=O) groups is 1. The van der Waals surface area contributed by atoms with Crippen molar-refractivity contribution >= 4 is 11.5 Å². The number of methoxy groups -OCH3 is 1. The van der Waals surface area contributed by atoms with E-state index in [2.05, 4.69) is 92.6 Å². The molecular formula is C45H64O4. The maximum atomic E-state index is 10.5. The van der Waals surface area contributed by atoms with Gasteiger partial charge in [0, 0.05) is 20.1 Å². The van der Waals surface area contributed by atoms with E-state index in [1.807, 2.05) is 25.8 Å². The highest BCUT2D eigenvalue weighted by molar-refractivity contribution is 5.89. The van der Waals surface area contributed by atoms with Gasteiger partial charge in [0.25, 0.3) is 0 Å². The van der Waals surface area contributed by atoms with Crippen molar-refractivity contribution in [1.82, 2.24) is 0 Å². The zero-order chi connectivity index (χ0) is 36.4. The van der Waals surface area contributed by atoms with Crippen LogP contribution in [0.5, 0.6) is 5.75 Å². The largest absolute Gasteiger partial charge is 0.417 e. The molecule has 0 aliphatic heterocycles. The van der Waals surface area contributed by atoms with Crippen molar-refractivity contribution in [1.29, 1.82) is 0 Å². The van der Waals surface area contributed by atoms with E-state index in [0.29, 0.717) is 12.4 Å². The summed E-state index contributed by atoms with van der Waals surface area (Å²) < 4.78 is 15.8. The van der Waals surface area contributed by atoms with Crippen molar-refractivity contribution < 1.29 is 19.0 Å². The van der Waals surface area contributed by atoms with Gasteiger partial charge in [-0.1, -0.05) is 140 Å². The fourth-order valence-corrected chi connectivity index (χ4v) is 6.57. The van der Waals surface area contributed by atoms with E-state index in [-0.39, 0.29) is 6.10 Å². The third kappa shape index (κ3) is 15.6. The van der Waals surface area contributed by atoms with Crippen LogP contribution in [0.2, 0.25) is 0 Å². The minimum Gasteiger partial charge on any atom is -0.417 e. The second-order valence-electron chi connectivity index (χ2n) is 12.4. The molecule has 3 unspecified atom stereocenters. The van der Waals surface area contributed by atoms with Crippen LogP contribution in [-0.4, -0.2) is 26.3 Å². The molecule has 1 aliphatic rings. The molecule has 268 valence electrons. The first-order valence-electron chi connectivity index (χ1n) is 18.4. The Labute approximate surface area is 299 Å². The highest BCUT2D eigenvalue weighted by Gasteiger charge is 2.29. The SMILES string of the molecule is C#CC(=O)Oc1ccccc1.CC.CCC/C(=C(/CC)C(CC1CCCCC1CC)OCc1ccccc1C)c1ccccc1C.COC. The number of ether oxygens (including phenoxy) is 3. The van der Waals surface area contributed by atoms with Crippen LogP contribution in [0.15, 0.2) is 84.4 Å². The Balaban J connectivity index is 0.000000623. The van der Waals surface area contributed by atoms with Crippen molar-refractivity contribution in [2.24, 2.45) is 11.8 Å². The predicted octanol–water partition coefficient (Wildman–Crippen LogP) is 12.0.